The molecule has 2 fully saturated rings. The number of carbonyl (C=O) groups is 3. The molecule has 1 saturated carbocycles. The van der Waals surface area contributed by atoms with E-state index < -0.39 is 59.3 Å². The topological polar surface area (TPSA) is 160 Å². The smallest absolute Gasteiger partial charge is 0.324 e. The zero-order valence-corrected chi connectivity index (χ0v) is 18.7. The minimum atomic E-state index is -1.51. The second-order valence-electron chi connectivity index (χ2n) is 9.91. The van der Waals surface area contributed by atoms with Gasteiger partial charge in [-0.15, -0.1) is 0 Å². The predicted molar refractivity (Wildman–Crippen MR) is 108 cm³/mol. The summed E-state index contributed by atoms with van der Waals surface area (Å²) in [6.07, 6.45) is -3.03. The van der Waals surface area contributed by atoms with Gasteiger partial charge in [0.1, 0.15) is 6.10 Å². The molecular formula is C20H35N3O8. The number of aliphatic hydroxyl groups is 3. The van der Waals surface area contributed by atoms with Gasteiger partial charge < -0.3 is 30.6 Å². The largest absolute Gasteiger partial charge is 0.465 e. The first-order chi connectivity index (χ1) is 14.2. The highest BCUT2D eigenvalue weighted by atomic mass is 16.5. The van der Waals surface area contributed by atoms with Gasteiger partial charge in [-0.05, 0) is 47.0 Å². The lowest BCUT2D eigenvalue weighted by atomic mass is 9.75. The van der Waals surface area contributed by atoms with Crippen molar-refractivity contribution < 1.29 is 39.6 Å². The monoisotopic (exact) mass is 445 g/mol. The predicted octanol–water partition coefficient (Wildman–Crippen LogP) is -0.543. The van der Waals surface area contributed by atoms with Crippen molar-refractivity contribution in [1.82, 2.24) is 15.3 Å². The molecule has 0 spiro atoms. The van der Waals surface area contributed by atoms with E-state index in [1.54, 1.807) is 0 Å². The lowest BCUT2D eigenvalue weighted by Crippen LogP contribution is -2.62. The van der Waals surface area contributed by atoms with E-state index in [0.717, 1.165) is 0 Å². The standard InChI is InChI=1S/C20H35N3O8/c1-19(2)7-12(8-20(3,4)23(19)30)17(28)31-9-11-6-13(25)14(16(27)15(11)26)21-18(29)22(5)10-24/h10-16,25-27,30H,6-9H2,1-5H3,(H,21,29)/t11-,13-,14+,15-,16-/m1/s1. The molecule has 1 aliphatic carbocycles. The van der Waals surface area contributed by atoms with Gasteiger partial charge in [-0.3, -0.25) is 14.5 Å². The molecule has 0 aromatic rings. The van der Waals surface area contributed by atoms with Crippen LogP contribution in [0.2, 0.25) is 0 Å². The summed E-state index contributed by atoms with van der Waals surface area (Å²) in [5, 5.41) is 45.1. The van der Waals surface area contributed by atoms with Gasteiger partial charge in [0.15, 0.2) is 0 Å². The van der Waals surface area contributed by atoms with Gasteiger partial charge in [0.2, 0.25) is 6.41 Å². The molecule has 11 heteroatoms. The van der Waals surface area contributed by atoms with Crippen LogP contribution in [0.15, 0.2) is 0 Å². The molecule has 0 aromatic carbocycles. The number of amides is 3. The van der Waals surface area contributed by atoms with Crippen molar-refractivity contribution >= 4 is 18.4 Å². The van der Waals surface area contributed by atoms with Crippen LogP contribution in [0, 0.1) is 11.8 Å². The number of ether oxygens (including phenoxy) is 1. The normalized spacial score (nSPS) is 33.4. The van der Waals surface area contributed by atoms with Gasteiger partial charge in [-0.1, -0.05) is 0 Å². The molecule has 31 heavy (non-hydrogen) atoms. The maximum absolute atomic E-state index is 12.7. The Hall–Kier alpha value is -1.79. The number of hydrogen-bond donors (Lipinski definition) is 5. The first kappa shape index (κ1) is 25.5. The molecule has 1 saturated heterocycles. The maximum Gasteiger partial charge on any atom is 0.324 e. The van der Waals surface area contributed by atoms with Gasteiger partial charge in [0, 0.05) is 24.0 Å². The number of urea groups is 1. The van der Waals surface area contributed by atoms with Crippen LogP contribution in [0.25, 0.3) is 0 Å². The quantitative estimate of drug-likeness (QED) is 0.276. The fraction of sp³-hybridized carbons (Fsp3) is 0.850. The second kappa shape index (κ2) is 9.37. The lowest BCUT2D eigenvalue weighted by molar-refractivity contribution is -0.252. The summed E-state index contributed by atoms with van der Waals surface area (Å²) in [7, 11) is 1.21. The van der Waals surface area contributed by atoms with E-state index in [2.05, 4.69) is 5.32 Å². The first-order valence-electron chi connectivity index (χ1n) is 10.4. The number of rotatable bonds is 5. The number of imide groups is 1. The summed E-state index contributed by atoms with van der Waals surface area (Å²) in [5.41, 5.74) is -1.25. The highest BCUT2D eigenvalue weighted by molar-refractivity contribution is 5.84. The van der Waals surface area contributed by atoms with Crippen LogP contribution in [0.1, 0.15) is 47.0 Å². The van der Waals surface area contributed by atoms with E-state index in [0.29, 0.717) is 17.7 Å². The third kappa shape index (κ3) is 5.53. The Balaban J connectivity index is 1.96. The fourth-order valence-corrected chi connectivity index (χ4v) is 4.70. The summed E-state index contributed by atoms with van der Waals surface area (Å²) in [6, 6.07) is -2.00. The third-order valence-electron chi connectivity index (χ3n) is 6.34. The van der Waals surface area contributed by atoms with Crippen LogP contribution in [-0.4, -0.2) is 98.0 Å². The van der Waals surface area contributed by atoms with Crippen LogP contribution in [0.3, 0.4) is 0 Å². The Bertz CT molecular complexity index is 667. The van der Waals surface area contributed by atoms with Crippen molar-refractivity contribution in [2.75, 3.05) is 13.7 Å². The van der Waals surface area contributed by atoms with Crippen molar-refractivity contribution in [2.45, 2.75) is 82.4 Å². The molecule has 5 N–H and O–H groups in total. The van der Waals surface area contributed by atoms with Crippen LogP contribution in [-0.2, 0) is 14.3 Å². The Morgan fingerprint density at radius 2 is 1.68 bits per heavy atom. The van der Waals surface area contributed by atoms with Crippen molar-refractivity contribution in [1.29, 1.82) is 0 Å². The molecule has 1 aliphatic heterocycles. The molecule has 0 radical (unpaired) electrons. The molecule has 1 heterocycles. The minimum absolute atomic E-state index is 0.0205. The first-order valence-corrected chi connectivity index (χ1v) is 10.4. The summed E-state index contributed by atoms with van der Waals surface area (Å²) in [5.74, 6) is -1.65. The van der Waals surface area contributed by atoms with Gasteiger partial charge >= 0.3 is 12.0 Å². The number of hydroxylamine groups is 2. The molecule has 11 nitrogen and oxygen atoms in total. The summed E-state index contributed by atoms with van der Waals surface area (Å²) >= 11 is 0. The number of piperidine rings is 1. The molecule has 0 unspecified atom stereocenters. The van der Waals surface area contributed by atoms with E-state index >= 15 is 0 Å². The Kier molecular flexibility index (Phi) is 7.70. The highest BCUT2D eigenvalue weighted by Gasteiger charge is 2.48. The second-order valence-corrected chi connectivity index (χ2v) is 9.91. The molecule has 0 aromatic heterocycles. The van der Waals surface area contributed by atoms with E-state index in [1.165, 1.54) is 12.1 Å². The number of aliphatic hydroxyl groups excluding tert-OH is 3. The number of nitrogens with one attached hydrogen (secondary N) is 1. The zero-order valence-electron chi connectivity index (χ0n) is 18.7. The Morgan fingerprint density at radius 1 is 1.13 bits per heavy atom. The Morgan fingerprint density at radius 3 is 2.19 bits per heavy atom. The van der Waals surface area contributed by atoms with E-state index in [-0.39, 0.29) is 19.4 Å². The molecule has 2 aliphatic rings. The molecular weight excluding hydrogens is 410 g/mol. The van der Waals surface area contributed by atoms with Gasteiger partial charge in [-0.25, -0.2) is 4.79 Å². The van der Waals surface area contributed by atoms with Crippen LogP contribution in [0.4, 0.5) is 4.79 Å². The molecule has 0 bridgehead atoms. The van der Waals surface area contributed by atoms with Gasteiger partial charge in [-0.2, -0.15) is 5.06 Å². The van der Waals surface area contributed by atoms with E-state index in [4.69, 9.17) is 4.74 Å². The molecule has 2 rings (SSSR count). The maximum atomic E-state index is 12.7. The fourth-order valence-electron chi connectivity index (χ4n) is 4.70. The zero-order chi connectivity index (χ0) is 23.7. The highest BCUT2D eigenvalue weighted by Crippen LogP contribution is 2.40. The van der Waals surface area contributed by atoms with Crippen molar-refractivity contribution in [3.8, 4) is 0 Å². The number of hydrogen-bond acceptors (Lipinski definition) is 9. The minimum Gasteiger partial charge on any atom is -0.465 e. The van der Waals surface area contributed by atoms with E-state index in [9.17, 15) is 34.9 Å². The number of nitrogens with zero attached hydrogens (tertiary/aromatic N) is 2. The summed E-state index contributed by atoms with van der Waals surface area (Å²) < 4.78 is 5.42. The van der Waals surface area contributed by atoms with E-state index in [1.807, 2.05) is 27.7 Å². The van der Waals surface area contributed by atoms with Crippen LogP contribution >= 0.6 is 0 Å². The SMILES string of the molecule is CN(C=O)C(=O)N[C@@H]1[C@@H](O)[C@H](O)[C@@H](COC(=O)C2CC(C)(C)N(O)C(C)(C)C2)C[C@H]1O. The van der Waals surface area contributed by atoms with Crippen molar-refractivity contribution in [3.05, 3.63) is 0 Å². The number of esters is 1. The average molecular weight is 446 g/mol. The summed E-state index contributed by atoms with van der Waals surface area (Å²) in [4.78, 5) is 35.9. The molecule has 3 amide bonds. The Labute approximate surface area is 181 Å². The van der Waals surface area contributed by atoms with Crippen molar-refractivity contribution in [2.24, 2.45) is 11.8 Å². The summed E-state index contributed by atoms with van der Waals surface area (Å²) in [6.45, 7) is 7.14. The van der Waals surface area contributed by atoms with Crippen LogP contribution in [0.5, 0.6) is 0 Å². The number of carbonyl (C=O) groups excluding carboxylic acids is 3. The van der Waals surface area contributed by atoms with Gasteiger partial charge in [0.25, 0.3) is 0 Å². The lowest BCUT2D eigenvalue weighted by Gasteiger charge is -2.50. The van der Waals surface area contributed by atoms with Crippen LogP contribution < -0.4 is 5.32 Å². The molecule has 5 atom stereocenters. The average Bonchev–Trinajstić information content (AvgIpc) is 2.69. The third-order valence-corrected chi connectivity index (χ3v) is 6.34. The van der Waals surface area contributed by atoms with Gasteiger partial charge in [0.05, 0.1) is 30.8 Å². The molecule has 178 valence electrons. The van der Waals surface area contributed by atoms with Crippen molar-refractivity contribution in [3.63, 3.8) is 0 Å².